The topological polar surface area (TPSA) is 134 Å². The first-order valence-corrected chi connectivity index (χ1v) is 35.2. The number of hydrogen-bond acceptors (Lipinski definition) is 8. The predicted molar refractivity (Wildman–Crippen MR) is 348 cm³/mol. The molecule has 3 N–H and O–H groups in total. The summed E-state index contributed by atoms with van der Waals surface area (Å²) in [7, 11) is -4.41. The summed E-state index contributed by atoms with van der Waals surface area (Å²) in [6.45, 7) is 3.59. The average Bonchev–Trinajstić information content (AvgIpc) is 3.46. The summed E-state index contributed by atoms with van der Waals surface area (Å²) in [6.07, 6.45) is 89.5. The van der Waals surface area contributed by atoms with Gasteiger partial charge in [0.15, 0.2) is 6.10 Å². The number of phosphoric ester groups is 1. The number of rotatable bonds is 63. The predicted octanol–water partition coefficient (Wildman–Crippen LogP) is 22.0. The first-order chi connectivity index (χ1) is 39.8. The monoisotopic (exact) mass is 1150 g/mol. The highest BCUT2D eigenvalue weighted by molar-refractivity contribution is 7.47. The minimum atomic E-state index is -4.41. The van der Waals surface area contributed by atoms with Gasteiger partial charge >= 0.3 is 19.8 Å². The lowest BCUT2D eigenvalue weighted by atomic mass is 10.0. The molecule has 81 heavy (non-hydrogen) atoms. The number of esters is 2. The Hall–Kier alpha value is -3.07. The molecule has 0 rings (SSSR count). The van der Waals surface area contributed by atoms with Gasteiger partial charge in [0.25, 0.3) is 0 Å². The molecule has 0 radical (unpaired) electrons. The highest BCUT2D eigenvalue weighted by atomic mass is 31.2. The lowest BCUT2D eigenvalue weighted by Gasteiger charge is -2.19. The van der Waals surface area contributed by atoms with Gasteiger partial charge in [-0.05, 0) is 89.9 Å². The lowest BCUT2D eigenvalue weighted by Crippen LogP contribution is -2.29. The van der Waals surface area contributed by atoms with Gasteiger partial charge in [0.2, 0.25) is 0 Å². The fourth-order valence-electron chi connectivity index (χ4n) is 9.51. The van der Waals surface area contributed by atoms with Crippen LogP contribution in [0.15, 0.2) is 97.2 Å². The second-order valence-corrected chi connectivity index (χ2v) is 23.8. The minimum Gasteiger partial charge on any atom is -0.462 e. The number of carbonyl (C=O) groups excluding carboxylic acids is 2. The minimum absolute atomic E-state index is 0.0406. The zero-order chi connectivity index (χ0) is 58.7. The Bertz CT molecular complexity index is 1650. The van der Waals surface area contributed by atoms with Gasteiger partial charge in [-0.3, -0.25) is 18.6 Å². The van der Waals surface area contributed by atoms with Crippen molar-refractivity contribution in [1.82, 2.24) is 0 Å². The number of carbonyl (C=O) groups is 2. The van der Waals surface area contributed by atoms with Gasteiger partial charge < -0.3 is 20.1 Å². The van der Waals surface area contributed by atoms with Crippen molar-refractivity contribution in [2.24, 2.45) is 5.73 Å². The Morgan fingerprint density at radius 2 is 0.691 bits per heavy atom. The third kappa shape index (κ3) is 65.9. The number of ether oxygens (including phenoxy) is 2. The third-order valence-electron chi connectivity index (χ3n) is 14.5. The molecule has 0 amide bonds. The first kappa shape index (κ1) is 77.9. The highest BCUT2D eigenvalue weighted by Gasteiger charge is 2.26. The Morgan fingerprint density at radius 3 is 1.06 bits per heavy atom. The summed E-state index contributed by atoms with van der Waals surface area (Å²) in [5.74, 6) is -0.892. The van der Waals surface area contributed by atoms with Crippen LogP contribution in [0.2, 0.25) is 0 Å². The Balaban J connectivity index is 3.88. The van der Waals surface area contributed by atoms with Crippen LogP contribution in [-0.4, -0.2) is 49.3 Å². The Labute approximate surface area is 499 Å². The van der Waals surface area contributed by atoms with Crippen LogP contribution in [0.5, 0.6) is 0 Å². The molecule has 9 nitrogen and oxygen atoms in total. The van der Waals surface area contributed by atoms with Crippen molar-refractivity contribution in [3.05, 3.63) is 97.2 Å². The van der Waals surface area contributed by atoms with E-state index in [0.29, 0.717) is 12.8 Å². The van der Waals surface area contributed by atoms with Crippen molar-refractivity contribution in [2.45, 2.75) is 315 Å². The molecule has 0 heterocycles. The van der Waals surface area contributed by atoms with Gasteiger partial charge in [-0.1, -0.05) is 304 Å². The number of hydrogen-bond donors (Lipinski definition) is 2. The maximum atomic E-state index is 12.7. The van der Waals surface area contributed by atoms with Crippen LogP contribution in [0.4, 0.5) is 0 Å². The van der Waals surface area contributed by atoms with E-state index in [-0.39, 0.29) is 32.6 Å². The molecular weight excluding hydrogens is 1030 g/mol. The molecular formula is C71H126NO8P. The summed E-state index contributed by atoms with van der Waals surface area (Å²) in [6, 6.07) is 0. The second kappa shape index (κ2) is 66.1. The van der Waals surface area contributed by atoms with Crippen molar-refractivity contribution in [3.8, 4) is 0 Å². The van der Waals surface area contributed by atoms with Crippen LogP contribution in [0.3, 0.4) is 0 Å². The van der Waals surface area contributed by atoms with Gasteiger partial charge in [0.05, 0.1) is 13.2 Å². The van der Waals surface area contributed by atoms with Crippen LogP contribution in [0, 0.1) is 0 Å². The van der Waals surface area contributed by atoms with Gasteiger partial charge in [0, 0.05) is 19.4 Å². The summed E-state index contributed by atoms with van der Waals surface area (Å²) < 4.78 is 33.0. The first-order valence-electron chi connectivity index (χ1n) is 33.7. The molecule has 0 saturated carbocycles. The fourth-order valence-corrected chi connectivity index (χ4v) is 10.3. The molecule has 10 heteroatoms. The SMILES string of the molecule is CC/C=C\C/C=C\C/C=C\C/C=C\C/C=C\C/C=C\C/C=C\CCCC(=O)OC(COC(=O)CCCCCCCCCCCCCCCCCCCCCCCCCCC/C=C\CCCCCCCCCC)COP(=O)(O)OCCN. The molecule has 0 aliphatic carbocycles. The summed E-state index contributed by atoms with van der Waals surface area (Å²) in [5, 5.41) is 0. The van der Waals surface area contributed by atoms with E-state index in [1.54, 1.807) is 0 Å². The maximum absolute atomic E-state index is 12.7. The number of nitrogens with two attached hydrogens (primary N) is 1. The van der Waals surface area contributed by atoms with Crippen molar-refractivity contribution >= 4 is 19.8 Å². The molecule has 0 spiro atoms. The molecule has 0 aliphatic rings. The third-order valence-corrected chi connectivity index (χ3v) is 15.4. The van der Waals surface area contributed by atoms with Crippen molar-refractivity contribution in [3.63, 3.8) is 0 Å². The molecule has 0 aromatic heterocycles. The summed E-state index contributed by atoms with van der Waals surface area (Å²) >= 11 is 0. The van der Waals surface area contributed by atoms with Gasteiger partial charge in [-0.2, -0.15) is 0 Å². The van der Waals surface area contributed by atoms with E-state index in [9.17, 15) is 19.0 Å². The molecule has 2 unspecified atom stereocenters. The zero-order valence-corrected chi connectivity index (χ0v) is 53.4. The van der Waals surface area contributed by atoms with Crippen molar-refractivity contribution in [2.75, 3.05) is 26.4 Å². The molecule has 2 atom stereocenters. The number of phosphoric acid groups is 1. The maximum Gasteiger partial charge on any atom is 0.472 e. The van der Waals surface area contributed by atoms with Crippen LogP contribution in [-0.2, 0) is 32.7 Å². The highest BCUT2D eigenvalue weighted by Crippen LogP contribution is 2.43. The largest absolute Gasteiger partial charge is 0.472 e. The van der Waals surface area contributed by atoms with Crippen LogP contribution in [0.1, 0.15) is 309 Å². The van der Waals surface area contributed by atoms with E-state index in [2.05, 4.69) is 105 Å². The van der Waals surface area contributed by atoms with Gasteiger partial charge in [-0.15, -0.1) is 0 Å². The van der Waals surface area contributed by atoms with E-state index in [1.165, 1.54) is 205 Å². The zero-order valence-electron chi connectivity index (χ0n) is 52.5. The lowest BCUT2D eigenvalue weighted by molar-refractivity contribution is -0.161. The van der Waals surface area contributed by atoms with Crippen molar-refractivity contribution < 1.29 is 37.6 Å². The van der Waals surface area contributed by atoms with Crippen molar-refractivity contribution in [1.29, 1.82) is 0 Å². The Morgan fingerprint density at radius 1 is 0.383 bits per heavy atom. The number of allylic oxidation sites excluding steroid dienone is 16. The fraction of sp³-hybridized carbons (Fsp3) is 0.746. The second-order valence-electron chi connectivity index (χ2n) is 22.3. The molecule has 0 aromatic carbocycles. The molecule has 0 bridgehead atoms. The number of unbranched alkanes of at least 4 members (excludes halogenated alkanes) is 34. The molecule has 0 saturated heterocycles. The molecule has 0 aliphatic heterocycles. The molecule has 0 fully saturated rings. The Kier molecular flexibility index (Phi) is 63.6. The normalized spacial score (nSPS) is 13.6. The molecule has 0 aromatic rings. The molecule has 468 valence electrons. The average molecular weight is 1150 g/mol. The summed E-state index contributed by atoms with van der Waals surface area (Å²) in [5.41, 5.74) is 5.39. The van der Waals surface area contributed by atoms with Gasteiger partial charge in [0.1, 0.15) is 6.61 Å². The van der Waals surface area contributed by atoms with Crippen LogP contribution in [0.25, 0.3) is 0 Å². The summed E-state index contributed by atoms with van der Waals surface area (Å²) in [4.78, 5) is 35.2. The van der Waals surface area contributed by atoms with E-state index >= 15 is 0 Å². The van der Waals surface area contributed by atoms with E-state index in [4.69, 9.17) is 24.3 Å². The quantitative estimate of drug-likeness (QED) is 0.0264. The van der Waals surface area contributed by atoms with E-state index in [0.717, 1.165) is 64.2 Å². The van der Waals surface area contributed by atoms with Crippen LogP contribution < -0.4 is 5.73 Å². The van der Waals surface area contributed by atoms with E-state index in [1.807, 2.05) is 6.08 Å². The van der Waals surface area contributed by atoms with E-state index < -0.39 is 32.5 Å². The van der Waals surface area contributed by atoms with Gasteiger partial charge in [-0.25, -0.2) is 4.57 Å². The van der Waals surface area contributed by atoms with Crippen LogP contribution >= 0.6 is 7.82 Å². The standard InChI is InChI=1S/C71H126NO8P/c1-3-5-7-9-11-13-15-17-19-21-23-25-27-28-29-30-31-32-33-34-35-36-37-38-39-40-42-43-45-47-49-51-53-55-57-59-61-63-70(73)77-67-69(68-79-81(75,76)78-66-65-72)80-71(74)64-62-60-58-56-54-52-50-48-46-44-41-26-24-22-20-18-16-14-12-10-8-6-4-2/h6,8,12,14,18,20-21,23-24,26,44,46,50,52,56,58,69H,3-5,7,9-11,13,15-17,19,22,25,27-43,45,47-49,51,53-55,57,59-68,72H2,1-2H3,(H,75,76)/b8-6-,14-12-,20-18-,23-21-,26-24-,46-44-,52-50-,58-56-. The smallest absolute Gasteiger partial charge is 0.462 e.